The molecule has 3 heterocycles. The second-order valence-corrected chi connectivity index (χ2v) is 12.0. The Hall–Kier alpha value is -2.38. The first kappa shape index (κ1) is 32.8. The zero-order valence-corrected chi connectivity index (χ0v) is 36.8. The van der Waals surface area contributed by atoms with E-state index >= 15 is 0 Å². The number of benzene rings is 7. The van der Waals surface area contributed by atoms with Crippen LogP contribution in [0, 0.1) is 12.1 Å². The molecule has 8 aromatic rings. The molecule has 0 saturated carbocycles. The van der Waals surface area contributed by atoms with Crippen LogP contribution >= 0.6 is 0 Å². The van der Waals surface area contributed by atoms with E-state index in [9.17, 15) is 0 Å². The summed E-state index contributed by atoms with van der Waals surface area (Å²) in [5.74, 6) is 0. The molecular formula is C42H26BN3Rb2. The molecule has 0 unspecified atom stereocenters. The van der Waals surface area contributed by atoms with Gasteiger partial charge < -0.3 is 14.3 Å². The van der Waals surface area contributed by atoms with Crippen LogP contribution in [0.15, 0.2) is 158 Å². The summed E-state index contributed by atoms with van der Waals surface area (Å²) in [7, 11) is 0. The molecule has 0 radical (unpaired) electrons. The minimum atomic E-state index is 0. The van der Waals surface area contributed by atoms with E-state index in [0.717, 1.165) is 22.7 Å². The number of hydrogen-bond donors (Lipinski definition) is 0. The van der Waals surface area contributed by atoms with Crippen LogP contribution in [0.5, 0.6) is 0 Å². The summed E-state index contributed by atoms with van der Waals surface area (Å²) in [6.07, 6.45) is 0. The summed E-state index contributed by atoms with van der Waals surface area (Å²) in [4.78, 5) is 4.83. The molecule has 0 N–H and O–H groups in total. The van der Waals surface area contributed by atoms with Crippen molar-refractivity contribution in [1.29, 1.82) is 0 Å². The van der Waals surface area contributed by atoms with Gasteiger partial charge >= 0.3 is 123 Å². The number of para-hydroxylation sites is 4. The molecule has 7 aromatic carbocycles. The Labute approximate surface area is 378 Å². The zero-order chi connectivity index (χ0) is 30.2. The Morgan fingerprint density at radius 3 is 1.92 bits per heavy atom. The summed E-state index contributed by atoms with van der Waals surface area (Å²) in [6.45, 7) is 0.00872. The second kappa shape index (κ2) is 13.4. The predicted molar refractivity (Wildman–Crippen MR) is 192 cm³/mol. The molecule has 0 saturated heterocycles. The van der Waals surface area contributed by atoms with Crippen LogP contribution in [-0.4, -0.2) is 11.3 Å². The molecule has 0 aliphatic carbocycles. The van der Waals surface area contributed by atoms with Crippen molar-refractivity contribution < 1.29 is 116 Å². The van der Waals surface area contributed by atoms with Crippen molar-refractivity contribution >= 4 is 73.7 Å². The Morgan fingerprint density at radius 2 is 1.19 bits per heavy atom. The third-order valence-corrected chi connectivity index (χ3v) is 9.58. The van der Waals surface area contributed by atoms with Gasteiger partial charge in [0.1, 0.15) is 0 Å². The zero-order valence-electron chi connectivity index (χ0n) is 26.9. The van der Waals surface area contributed by atoms with Crippen LogP contribution in [0.3, 0.4) is 0 Å². The van der Waals surface area contributed by atoms with E-state index in [1.54, 1.807) is 0 Å². The molecule has 1 aromatic heterocycles. The number of hydrogen-bond acceptors (Lipinski definition) is 2. The maximum Gasteiger partial charge on any atom is 1.00 e. The van der Waals surface area contributed by atoms with Gasteiger partial charge in [-0.2, -0.15) is 47.2 Å². The normalized spacial score (nSPS) is 12.2. The minimum Gasteiger partial charge on any atom is -0.419 e. The van der Waals surface area contributed by atoms with Gasteiger partial charge in [0.2, 0.25) is 0 Å². The number of aromatic nitrogens is 1. The smallest absolute Gasteiger partial charge is 0.419 e. The minimum absolute atomic E-state index is 0. The van der Waals surface area contributed by atoms with Gasteiger partial charge in [-0.3, -0.25) is 0 Å². The Balaban J connectivity index is 0.00000168. The van der Waals surface area contributed by atoms with Crippen LogP contribution in [-0.2, 0) is 0 Å². The van der Waals surface area contributed by atoms with Crippen LogP contribution in [0.1, 0.15) is 0 Å². The van der Waals surface area contributed by atoms with E-state index in [0.29, 0.717) is 0 Å². The van der Waals surface area contributed by atoms with Gasteiger partial charge in [0.15, 0.2) is 0 Å². The molecule has 10 rings (SSSR count). The maximum absolute atomic E-state index is 3.53. The molecule has 0 bridgehead atoms. The van der Waals surface area contributed by atoms with Crippen molar-refractivity contribution in [3.8, 4) is 11.1 Å². The van der Waals surface area contributed by atoms with Gasteiger partial charge in [-0.1, -0.05) is 89.4 Å². The Morgan fingerprint density at radius 1 is 0.542 bits per heavy atom. The molecule has 214 valence electrons. The summed E-state index contributed by atoms with van der Waals surface area (Å²) >= 11 is 0. The fourth-order valence-corrected chi connectivity index (χ4v) is 7.78. The van der Waals surface area contributed by atoms with E-state index in [-0.39, 0.29) is 123 Å². The van der Waals surface area contributed by atoms with Crippen LogP contribution in [0.2, 0.25) is 0 Å². The Kier molecular flexibility index (Phi) is 9.15. The number of nitrogens with zero attached hydrogens (tertiary/aromatic N) is 3. The van der Waals surface area contributed by atoms with Gasteiger partial charge in [0, 0.05) is 34.1 Å². The van der Waals surface area contributed by atoms with Crippen molar-refractivity contribution in [1.82, 2.24) is 4.48 Å². The molecule has 0 spiro atoms. The molecule has 0 fully saturated rings. The first-order chi connectivity index (χ1) is 22.9. The maximum atomic E-state index is 3.53. The van der Waals surface area contributed by atoms with Crippen molar-refractivity contribution in [2.24, 2.45) is 0 Å². The first-order valence-corrected chi connectivity index (χ1v) is 15.7. The van der Waals surface area contributed by atoms with E-state index in [2.05, 4.69) is 178 Å². The van der Waals surface area contributed by atoms with E-state index < -0.39 is 0 Å². The largest absolute Gasteiger partial charge is 1.00 e. The van der Waals surface area contributed by atoms with Crippen molar-refractivity contribution in [3.63, 3.8) is 0 Å². The van der Waals surface area contributed by atoms with Gasteiger partial charge in [-0.05, 0) is 65.5 Å². The fraction of sp³-hybridized carbons (Fsp3) is 0. The third-order valence-electron chi connectivity index (χ3n) is 9.58. The van der Waals surface area contributed by atoms with Gasteiger partial charge in [0.25, 0.3) is 0 Å². The first-order valence-electron chi connectivity index (χ1n) is 15.7. The van der Waals surface area contributed by atoms with Crippen molar-refractivity contribution in [3.05, 3.63) is 170 Å². The van der Waals surface area contributed by atoms with Gasteiger partial charge in [0.05, 0.1) is 0 Å². The van der Waals surface area contributed by atoms with Crippen molar-refractivity contribution in [2.45, 2.75) is 0 Å². The fourth-order valence-electron chi connectivity index (χ4n) is 7.78. The monoisotopic (exact) mass is 753 g/mol. The predicted octanol–water partition coefficient (Wildman–Crippen LogP) is 3.29. The number of rotatable bonds is 4. The topological polar surface area (TPSA) is 11.4 Å². The molecular weight excluding hydrogens is 728 g/mol. The summed E-state index contributed by atoms with van der Waals surface area (Å²) in [6, 6.07) is 63.4. The molecule has 6 heteroatoms. The Bertz CT molecular complexity index is 2410. The average molecular weight is 754 g/mol. The van der Waals surface area contributed by atoms with Crippen LogP contribution in [0.4, 0.5) is 34.1 Å². The molecule has 3 nitrogen and oxygen atoms in total. The number of fused-ring (bicyclic) bond motifs is 7. The van der Waals surface area contributed by atoms with Crippen LogP contribution < -0.4 is 137 Å². The summed E-state index contributed by atoms with van der Waals surface area (Å²) < 4.78 is 2.57. The molecule has 0 atom stereocenters. The standard InChI is InChI=1S/C42H26BN3.2Rb/c1-4-15-29(16-5-1)44(30-17-6-2-7-18-30)32-27-36-35-23-14-22-34-33-21-10-12-25-38(33)46(42(34)35)43-37-24-11-13-26-39(37)45(40(28-32)41(36)43)31-19-8-3-9-20-31;;/h1-9,11-13,15-28H;;/q-2;2*+1. The van der Waals surface area contributed by atoms with Crippen LogP contribution in [0.25, 0.3) is 32.9 Å². The van der Waals surface area contributed by atoms with E-state index in [1.807, 2.05) is 6.07 Å². The quantitative estimate of drug-likeness (QED) is 0.202. The van der Waals surface area contributed by atoms with Gasteiger partial charge in [-0.15, -0.1) is 11.6 Å². The molecule has 2 aliphatic heterocycles. The SMILES string of the molecule is [Rb+].[Rb+].[c-]1ccc2c(c1)c1c[c-]cc3c1n2B1c2ccccc2N(c2ccccc2)c2cc(N(c4ccccc4)c4ccccc4)cc-3c21. The third kappa shape index (κ3) is 5.02. The van der Waals surface area contributed by atoms with E-state index in [4.69, 9.17) is 0 Å². The number of anilines is 6. The summed E-state index contributed by atoms with van der Waals surface area (Å²) in [5.41, 5.74) is 14.4. The average Bonchev–Trinajstić information content (AvgIpc) is 3.46. The summed E-state index contributed by atoms with van der Waals surface area (Å²) in [5, 5.41) is 2.43. The van der Waals surface area contributed by atoms with Crippen molar-refractivity contribution in [2.75, 3.05) is 9.80 Å². The molecule has 0 amide bonds. The molecule has 2 aliphatic rings. The molecule has 48 heavy (non-hydrogen) atoms. The van der Waals surface area contributed by atoms with Gasteiger partial charge in [-0.25, -0.2) is 0 Å². The van der Waals surface area contributed by atoms with E-state index in [1.165, 1.54) is 55.2 Å². The second-order valence-electron chi connectivity index (χ2n) is 12.0.